The number of nitrogens with zero attached hydrogens (tertiary/aromatic N) is 3. The van der Waals surface area contributed by atoms with Gasteiger partial charge in [0.1, 0.15) is 0 Å². The van der Waals surface area contributed by atoms with Crippen molar-refractivity contribution in [3.8, 4) is 16.9 Å². The summed E-state index contributed by atoms with van der Waals surface area (Å²) in [5.41, 5.74) is 0.192. The van der Waals surface area contributed by atoms with Crippen molar-refractivity contribution in [2.45, 2.75) is 18.5 Å². The molecule has 0 aliphatic heterocycles. The van der Waals surface area contributed by atoms with E-state index in [1.54, 1.807) is 30.3 Å². The van der Waals surface area contributed by atoms with Crippen LogP contribution >= 0.6 is 0 Å². The average molecular weight is 506 g/mol. The molecule has 0 N–H and O–H groups in total. The van der Waals surface area contributed by atoms with E-state index in [9.17, 15) is 26.4 Å². The molecule has 35 heavy (non-hydrogen) atoms. The van der Waals surface area contributed by atoms with Crippen molar-refractivity contribution in [2.75, 3.05) is 13.4 Å². The number of fused-ring (bicyclic) bond motifs is 1. The summed E-state index contributed by atoms with van der Waals surface area (Å²) in [6.07, 6.45) is -2.32. The molecule has 184 valence electrons. The third-order valence-corrected chi connectivity index (χ3v) is 6.34. The summed E-state index contributed by atoms with van der Waals surface area (Å²) < 4.78 is 74.1. The summed E-state index contributed by atoms with van der Waals surface area (Å²) >= 11 is 0. The fourth-order valence-electron chi connectivity index (χ4n) is 4.01. The highest BCUT2D eigenvalue weighted by atomic mass is 32.2. The molecule has 2 aromatic carbocycles. The topological polar surface area (TPSA) is 83.2 Å². The van der Waals surface area contributed by atoms with Gasteiger partial charge in [-0.3, -0.25) is 9.48 Å². The summed E-state index contributed by atoms with van der Waals surface area (Å²) in [5, 5.41) is 3.60. The van der Waals surface area contributed by atoms with Crippen LogP contribution in [0.15, 0.2) is 59.5 Å². The SMILES string of the molecule is COc1cc(-c2cc(CS(C)(=O)=O)c3c(C(F)(F)F)nn(Cc4ccccc4)c3c2)cn(C)c1=O. The molecule has 0 radical (unpaired) electrons. The van der Waals surface area contributed by atoms with E-state index in [-0.39, 0.29) is 34.3 Å². The van der Waals surface area contributed by atoms with Gasteiger partial charge in [-0.05, 0) is 34.9 Å². The van der Waals surface area contributed by atoms with Crippen LogP contribution in [0.5, 0.6) is 5.75 Å². The number of sulfone groups is 1. The number of rotatable bonds is 6. The molecule has 4 aromatic rings. The smallest absolute Gasteiger partial charge is 0.435 e. The van der Waals surface area contributed by atoms with Crippen molar-refractivity contribution in [1.82, 2.24) is 14.3 Å². The molecule has 2 aromatic heterocycles. The molecule has 2 heterocycles. The number of benzene rings is 2. The molecule has 0 spiro atoms. The molecule has 0 saturated carbocycles. The van der Waals surface area contributed by atoms with Crippen LogP contribution in [-0.2, 0) is 35.4 Å². The highest BCUT2D eigenvalue weighted by molar-refractivity contribution is 7.89. The Morgan fingerprint density at radius 1 is 1.06 bits per heavy atom. The predicted molar refractivity (Wildman–Crippen MR) is 126 cm³/mol. The van der Waals surface area contributed by atoms with E-state index in [2.05, 4.69) is 5.10 Å². The lowest BCUT2D eigenvalue weighted by Crippen LogP contribution is -2.17. The molecule has 0 atom stereocenters. The van der Waals surface area contributed by atoms with Crippen molar-refractivity contribution in [1.29, 1.82) is 0 Å². The standard InChI is InChI=1S/C24H22F3N3O4S/c1-29-13-17(11-20(34-2)23(29)31)16-9-18(14-35(3,32)33)21-19(10-16)30(28-22(21)24(25,26)27)12-15-7-5-4-6-8-15/h4-11,13H,12,14H2,1-3H3. The van der Waals surface area contributed by atoms with Crippen molar-refractivity contribution in [2.24, 2.45) is 7.05 Å². The molecule has 0 fully saturated rings. The first-order valence-electron chi connectivity index (χ1n) is 10.4. The molecule has 0 aliphatic rings. The fraction of sp³-hybridized carbons (Fsp3) is 0.250. The summed E-state index contributed by atoms with van der Waals surface area (Å²) in [5.74, 6) is -0.566. The van der Waals surface area contributed by atoms with Crippen LogP contribution in [0.3, 0.4) is 0 Å². The molecule has 0 saturated heterocycles. The van der Waals surface area contributed by atoms with Crippen molar-refractivity contribution >= 4 is 20.7 Å². The highest BCUT2D eigenvalue weighted by Gasteiger charge is 2.38. The third kappa shape index (κ3) is 5.09. The first-order valence-corrected chi connectivity index (χ1v) is 12.5. The molecule has 0 aliphatic carbocycles. The van der Waals surface area contributed by atoms with E-state index in [4.69, 9.17) is 4.74 Å². The lowest BCUT2D eigenvalue weighted by Gasteiger charge is -2.12. The Kier molecular flexibility index (Phi) is 6.22. The van der Waals surface area contributed by atoms with Crippen molar-refractivity contribution in [3.05, 3.63) is 81.9 Å². The van der Waals surface area contributed by atoms with E-state index in [0.717, 1.165) is 11.8 Å². The van der Waals surface area contributed by atoms with Crippen LogP contribution in [0.4, 0.5) is 13.2 Å². The minimum Gasteiger partial charge on any atom is -0.491 e. The minimum atomic E-state index is -4.80. The second-order valence-electron chi connectivity index (χ2n) is 8.30. The van der Waals surface area contributed by atoms with Crippen LogP contribution in [0.2, 0.25) is 0 Å². The van der Waals surface area contributed by atoms with E-state index >= 15 is 0 Å². The van der Waals surface area contributed by atoms with Crippen LogP contribution in [-0.4, -0.2) is 36.1 Å². The van der Waals surface area contributed by atoms with Gasteiger partial charge in [-0.1, -0.05) is 30.3 Å². The van der Waals surface area contributed by atoms with Crippen LogP contribution in [0, 0.1) is 0 Å². The maximum Gasteiger partial charge on any atom is 0.435 e. The van der Waals surface area contributed by atoms with E-state index < -0.39 is 27.5 Å². The molecule has 0 unspecified atom stereocenters. The van der Waals surface area contributed by atoms with E-state index in [0.29, 0.717) is 11.1 Å². The van der Waals surface area contributed by atoms with Gasteiger partial charge in [-0.25, -0.2) is 8.42 Å². The summed E-state index contributed by atoms with van der Waals surface area (Å²) in [4.78, 5) is 12.2. The molecule has 0 bridgehead atoms. The van der Waals surface area contributed by atoms with E-state index in [1.807, 2.05) is 0 Å². The average Bonchev–Trinajstić information content (AvgIpc) is 3.14. The molecule has 11 heteroatoms. The molecule has 7 nitrogen and oxygen atoms in total. The normalized spacial score (nSPS) is 12.3. The summed E-state index contributed by atoms with van der Waals surface area (Å²) in [7, 11) is -0.835. The maximum absolute atomic E-state index is 14.0. The summed E-state index contributed by atoms with van der Waals surface area (Å²) in [6, 6.07) is 13.2. The number of hydrogen-bond acceptors (Lipinski definition) is 5. The van der Waals surface area contributed by atoms with Gasteiger partial charge in [0, 0.05) is 30.4 Å². The van der Waals surface area contributed by atoms with Crippen LogP contribution < -0.4 is 10.3 Å². The zero-order valence-electron chi connectivity index (χ0n) is 19.1. The Morgan fingerprint density at radius 3 is 2.34 bits per heavy atom. The second-order valence-corrected chi connectivity index (χ2v) is 10.4. The number of alkyl halides is 3. The largest absolute Gasteiger partial charge is 0.491 e. The third-order valence-electron chi connectivity index (χ3n) is 5.50. The van der Waals surface area contributed by atoms with Crippen molar-refractivity contribution in [3.63, 3.8) is 0 Å². The Morgan fingerprint density at radius 2 is 1.74 bits per heavy atom. The fourth-order valence-corrected chi connectivity index (χ4v) is 4.80. The monoisotopic (exact) mass is 505 g/mol. The highest BCUT2D eigenvalue weighted by Crippen LogP contribution is 2.39. The lowest BCUT2D eigenvalue weighted by molar-refractivity contribution is -0.140. The van der Waals surface area contributed by atoms with Gasteiger partial charge in [0.2, 0.25) is 0 Å². The van der Waals surface area contributed by atoms with E-state index in [1.165, 1.54) is 47.8 Å². The number of ether oxygens (including phenoxy) is 1. The van der Waals surface area contributed by atoms with Crippen LogP contribution in [0.25, 0.3) is 22.0 Å². The number of aromatic nitrogens is 3. The summed E-state index contributed by atoms with van der Waals surface area (Å²) in [6.45, 7) is 0.0474. The van der Waals surface area contributed by atoms with Gasteiger partial charge in [0.15, 0.2) is 21.3 Å². The van der Waals surface area contributed by atoms with Gasteiger partial charge in [0.05, 0.1) is 24.9 Å². The van der Waals surface area contributed by atoms with Gasteiger partial charge in [-0.2, -0.15) is 18.3 Å². The zero-order chi connectivity index (χ0) is 25.5. The van der Waals surface area contributed by atoms with Crippen LogP contribution in [0.1, 0.15) is 16.8 Å². The zero-order valence-corrected chi connectivity index (χ0v) is 19.9. The molecule has 4 rings (SSSR count). The molecular weight excluding hydrogens is 483 g/mol. The maximum atomic E-state index is 14.0. The van der Waals surface area contributed by atoms with Gasteiger partial charge in [-0.15, -0.1) is 0 Å². The minimum absolute atomic E-state index is 0.0283. The Hall–Kier alpha value is -3.60. The Labute approximate surface area is 199 Å². The second kappa shape index (κ2) is 8.88. The van der Waals surface area contributed by atoms with Crippen molar-refractivity contribution < 1.29 is 26.3 Å². The number of aryl methyl sites for hydroxylation is 1. The Bertz CT molecular complexity index is 1570. The molecular formula is C24H22F3N3O4S. The number of hydrogen-bond donors (Lipinski definition) is 0. The Balaban J connectivity index is 2.06. The lowest BCUT2D eigenvalue weighted by atomic mass is 10.00. The quantitative estimate of drug-likeness (QED) is 0.395. The molecule has 0 amide bonds. The van der Waals surface area contributed by atoms with Gasteiger partial charge in [0.25, 0.3) is 5.56 Å². The number of halogens is 3. The first kappa shape index (κ1) is 24.5. The predicted octanol–water partition coefficient (Wildman–Crippen LogP) is 4.02. The van der Waals surface area contributed by atoms with Gasteiger partial charge < -0.3 is 9.30 Å². The van der Waals surface area contributed by atoms with Gasteiger partial charge >= 0.3 is 6.18 Å². The number of methoxy groups -OCH3 is 1. The number of pyridine rings is 1. The first-order chi connectivity index (χ1) is 16.4.